The molecule has 0 aromatic heterocycles. The molecule has 0 aliphatic rings. The van der Waals surface area contributed by atoms with Crippen molar-refractivity contribution in [3.8, 4) is 0 Å². The van der Waals surface area contributed by atoms with E-state index in [-0.39, 0.29) is 31.2 Å². The summed E-state index contributed by atoms with van der Waals surface area (Å²) in [6, 6.07) is 15.9. The lowest BCUT2D eigenvalue weighted by atomic mass is 10.0. The van der Waals surface area contributed by atoms with Crippen molar-refractivity contribution in [2.75, 3.05) is 11.9 Å². The first kappa shape index (κ1) is 21.1. The molecule has 0 aliphatic heterocycles. The van der Waals surface area contributed by atoms with Crippen molar-refractivity contribution in [2.45, 2.75) is 31.8 Å². The second-order valence-electron chi connectivity index (χ2n) is 6.42. The minimum atomic E-state index is -0.596. The molecule has 7 heteroatoms. The van der Waals surface area contributed by atoms with E-state index in [1.165, 1.54) is 0 Å². The summed E-state index contributed by atoms with van der Waals surface area (Å²) < 4.78 is 0. The first-order valence-electron chi connectivity index (χ1n) is 9.15. The number of benzene rings is 2. The number of hydrogen-bond donors (Lipinski definition) is 4. The Hall–Kier alpha value is -3.19. The van der Waals surface area contributed by atoms with Crippen LogP contribution in [0, 0.1) is 0 Å². The lowest BCUT2D eigenvalue weighted by Crippen LogP contribution is -2.27. The summed E-state index contributed by atoms with van der Waals surface area (Å²) in [4.78, 5) is 34.9. The third-order valence-electron chi connectivity index (χ3n) is 4.13. The summed E-state index contributed by atoms with van der Waals surface area (Å²) >= 11 is 0. The van der Waals surface area contributed by atoms with Gasteiger partial charge in [-0.3, -0.25) is 14.4 Å². The van der Waals surface area contributed by atoms with Gasteiger partial charge in [0.15, 0.2) is 0 Å². The van der Waals surface area contributed by atoms with Gasteiger partial charge in [0.2, 0.25) is 11.8 Å². The van der Waals surface area contributed by atoms with E-state index in [1.54, 1.807) is 24.3 Å². The normalized spacial score (nSPS) is 11.5. The zero-order valence-electron chi connectivity index (χ0n) is 15.6. The lowest BCUT2D eigenvalue weighted by molar-refractivity contribution is -0.118. The average molecular weight is 383 g/mol. The van der Waals surface area contributed by atoms with Crippen molar-refractivity contribution in [3.05, 3.63) is 65.7 Å². The van der Waals surface area contributed by atoms with E-state index in [4.69, 9.17) is 5.73 Å². The molecular formula is C21H25N3O4. The number of aliphatic hydroxyl groups is 1. The molecule has 3 amide bonds. The van der Waals surface area contributed by atoms with Crippen LogP contribution in [0.5, 0.6) is 0 Å². The highest BCUT2D eigenvalue weighted by molar-refractivity contribution is 5.97. The Labute approximate surface area is 163 Å². The molecule has 28 heavy (non-hydrogen) atoms. The molecule has 0 heterocycles. The quantitative estimate of drug-likeness (QED) is 0.502. The smallest absolute Gasteiger partial charge is 0.251 e. The van der Waals surface area contributed by atoms with Crippen molar-refractivity contribution in [1.29, 1.82) is 0 Å². The van der Waals surface area contributed by atoms with E-state index in [1.807, 2.05) is 30.3 Å². The average Bonchev–Trinajstić information content (AvgIpc) is 2.68. The van der Waals surface area contributed by atoms with Crippen molar-refractivity contribution < 1.29 is 19.5 Å². The van der Waals surface area contributed by atoms with Crippen LogP contribution in [-0.4, -0.2) is 29.4 Å². The Morgan fingerprint density at radius 1 is 1.00 bits per heavy atom. The number of nitrogens with one attached hydrogen (secondary N) is 2. The van der Waals surface area contributed by atoms with Gasteiger partial charge in [-0.15, -0.1) is 0 Å². The van der Waals surface area contributed by atoms with Gasteiger partial charge >= 0.3 is 0 Å². The number of anilines is 1. The maximum atomic E-state index is 12.1. The zero-order valence-corrected chi connectivity index (χ0v) is 15.6. The highest BCUT2D eigenvalue weighted by atomic mass is 16.3. The van der Waals surface area contributed by atoms with Crippen molar-refractivity contribution in [2.24, 2.45) is 5.73 Å². The molecule has 0 radical (unpaired) electrons. The molecule has 0 bridgehead atoms. The Kier molecular flexibility index (Phi) is 8.17. The van der Waals surface area contributed by atoms with Gasteiger partial charge in [-0.05, 0) is 36.6 Å². The third kappa shape index (κ3) is 7.20. The monoisotopic (exact) mass is 383 g/mol. The summed E-state index contributed by atoms with van der Waals surface area (Å²) in [5.41, 5.74) is 6.75. The molecule has 1 unspecified atom stereocenters. The number of hydrogen-bond acceptors (Lipinski definition) is 4. The molecule has 0 saturated carbocycles. The molecule has 7 nitrogen and oxygen atoms in total. The Morgan fingerprint density at radius 3 is 2.46 bits per heavy atom. The number of rotatable bonds is 10. The topological polar surface area (TPSA) is 122 Å². The van der Waals surface area contributed by atoms with Gasteiger partial charge < -0.3 is 21.5 Å². The van der Waals surface area contributed by atoms with Gasteiger partial charge in [-0.1, -0.05) is 36.4 Å². The lowest BCUT2D eigenvalue weighted by Gasteiger charge is -2.11. The number of aliphatic hydroxyl groups excluding tert-OH is 1. The van der Waals surface area contributed by atoms with E-state index in [0.717, 1.165) is 5.56 Å². The van der Waals surface area contributed by atoms with Crippen LogP contribution in [0.15, 0.2) is 54.6 Å². The standard InChI is InChI=1S/C21H25N3O4/c22-19(26)12-13-23-21(28)16-8-4-9-17(14-16)24-20(27)11-5-10-18(25)15-6-2-1-3-7-15/h1-4,6-9,14,18,25H,5,10-13H2,(H2,22,26)(H,23,28)(H,24,27). The fraction of sp³-hybridized carbons (Fsp3) is 0.286. The SMILES string of the molecule is NC(=O)CCNC(=O)c1cccc(NC(=O)CCCC(O)c2ccccc2)c1. The van der Waals surface area contributed by atoms with E-state index >= 15 is 0 Å². The van der Waals surface area contributed by atoms with E-state index in [0.29, 0.717) is 24.1 Å². The molecule has 0 saturated heterocycles. The van der Waals surface area contributed by atoms with Gasteiger partial charge in [0, 0.05) is 30.6 Å². The number of primary amides is 1. The minimum absolute atomic E-state index is 0.0665. The largest absolute Gasteiger partial charge is 0.388 e. The third-order valence-corrected chi connectivity index (χ3v) is 4.13. The zero-order chi connectivity index (χ0) is 20.4. The molecule has 2 aromatic rings. The fourth-order valence-corrected chi connectivity index (χ4v) is 2.66. The summed E-state index contributed by atoms with van der Waals surface area (Å²) in [6.07, 6.45) is 0.756. The van der Waals surface area contributed by atoms with Crippen LogP contribution in [0.3, 0.4) is 0 Å². The summed E-state index contributed by atoms with van der Waals surface area (Å²) in [5, 5.41) is 15.5. The van der Waals surface area contributed by atoms with Crippen molar-refractivity contribution in [1.82, 2.24) is 5.32 Å². The number of carbonyl (C=O) groups excluding carboxylic acids is 3. The molecule has 2 rings (SSSR count). The first-order chi connectivity index (χ1) is 13.5. The molecule has 5 N–H and O–H groups in total. The summed E-state index contributed by atoms with van der Waals surface area (Å²) in [5.74, 6) is -1.02. The van der Waals surface area contributed by atoms with Crippen LogP contribution in [0.1, 0.15) is 47.7 Å². The molecule has 0 fully saturated rings. The van der Waals surface area contributed by atoms with Crippen LogP contribution < -0.4 is 16.4 Å². The predicted molar refractivity (Wildman–Crippen MR) is 106 cm³/mol. The molecule has 0 spiro atoms. The molecule has 148 valence electrons. The minimum Gasteiger partial charge on any atom is -0.388 e. The van der Waals surface area contributed by atoms with Crippen molar-refractivity contribution >= 4 is 23.4 Å². The van der Waals surface area contributed by atoms with Crippen LogP contribution in [0.2, 0.25) is 0 Å². The molecule has 1 atom stereocenters. The molecule has 2 aromatic carbocycles. The van der Waals surface area contributed by atoms with Crippen LogP contribution >= 0.6 is 0 Å². The number of amides is 3. The number of nitrogens with two attached hydrogens (primary N) is 1. The van der Waals surface area contributed by atoms with Gasteiger partial charge in [-0.25, -0.2) is 0 Å². The Morgan fingerprint density at radius 2 is 1.75 bits per heavy atom. The Bertz CT molecular complexity index is 808. The molecule has 0 aliphatic carbocycles. The second-order valence-corrected chi connectivity index (χ2v) is 6.42. The highest BCUT2D eigenvalue weighted by Crippen LogP contribution is 2.19. The van der Waals surface area contributed by atoms with Crippen molar-refractivity contribution in [3.63, 3.8) is 0 Å². The second kappa shape index (κ2) is 10.8. The first-order valence-corrected chi connectivity index (χ1v) is 9.15. The maximum Gasteiger partial charge on any atom is 0.251 e. The fourth-order valence-electron chi connectivity index (χ4n) is 2.66. The highest BCUT2D eigenvalue weighted by Gasteiger charge is 2.10. The number of carbonyl (C=O) groups is 3. The van der Waals surface area contributed by atoms with E-state index < -0.39 is 12.0 Å². The maximum absolute atomic E-state index is 12.1. The molecular weight excluding hydrogens is 358 g/mol. The van der Waals surface area contributed by atoms with Crippen LogP contribution in [-0.2, 0) is 9.59 Å². The van der Waals surface area contributed by atoms with Crippen LogP contribution in [0.25, 0.3) is 0 Å². The van der Waals surface area contributed by atoms with E-state index in [2.05, 4.69) is 10.6 Å². The predicted octanol–water partition coefficient (Wildman–Crippen LogP) is 2.13. The van der Waals surface area contributed by atoms with E-state index in [9.17, 15) is 19.5 Å². The Balaban J connectivity index is 1.78. The van der Waals surface area contributed by atoms with Gasteiger partial charge in [-0.2, -0.15) is 0 Å². The van der Waals surface area contributed by atoms with Gasteiger partial charge in [0.05, 0.1) is 6.10 Å². The van der Waals surface area contributed by atoms with Gasteiger partial charge in [0.25, 0.3) is 5.91 Å². The van der Waals surface area contributed by atoms with Crippen LogP contribution in [0.4, 0.5) is 5.69 Å². The summed E-state index contributed by atoms with van der Waals surface area (Å²) in [6.45, 7) is 0.161. The summed E-state index contributed by atoms with van der Waals surface area (Å²) in [7, 11) is 0. The van der Waals surface area contributed by atoms with Gasteiger partial charge in [0.1, 0.15) is 0 Å².